The lowest BCUT2D eigenvalue weighted by atomic mass is 10.1. The second-order valence-electron chi connectivity index (χ2n) is 8.81. The Kier molecular flexibility index (Phi) is 9.44. The Balaban J connectivity index is 1.49. The first-order chi connectivity index (χ1) is 18.9. The number of ether oxygens (including phenoxy) is 2. The fourth-order valence-electron chi connectivity index (χ4n) is 4.02. The minimum atomic E-state index is -0.483. The van der Waals surface area contributed by atoms with Crippen LogP contribution in [0, 0.1) is 10.1 Å². The number of morpholine rings is 1. The lowest BCUT2D eigenvalue weighted by molar-refractivity contribution is -0.384. The van der Waals surface area contributed by atoms with E-state index in [1.807, 2.05) is 0 Å². The maximum absolute atomic E-state index is 13.1. The van der Waals surface area contributed by atoms with Crippen LogP contribution in [0.4, 0.5) is 5.69 Å². The van der Waals surface area contributed by atoms with Crippen molar-refractivity contribution in [2.24, 2.45) is 0 Å². The lowest BCUT2D eigenvalue weighted by Crippen LogP contribution is -2.39. The van der Waals surface area contributed by atoms with E-state index < -0.39 is 16.7 Å². The summed E-state index contributed by atoms with van der Waals surface area (Å²) in [6.07, 6.45) is 2.17. The number of nitrogens with one attached hydrogen (secondary N) is 2. The summed E-state index contributed by atoms with van der Waals surface area (Å²) in [5.74, 6) is 0.344. The van der Waals surface area contributed by atoms with Crippen LogP contribution in [0.25, 0.3) is 17.4 Å². The fraction of sp³-hybridized carbons (Fsp3) is 0.286. The summed E-state index contributed by atoms with van der Waals surface area (Å²) in [7, 11) is 1.53. The normalized spacial score (nSPS) is 14.0. The van der Waals surface area contributed by atoms with Crippen LogP contribution in [-0.2, 0) is 9.53 Å². The summed E-state index contributed by atoms with van der Waals surface area (Å²) in [4.78, 5) is 38.9. The molecule has 0 spiro atoms. The highest BCUT2D eigenvalue weighted by atomic mass is 16.6. The first kappa shape index (κ1) is 27.6. The number of non-ortho nitro benzene ring substituents is 1. The maximum Gasteiger partial charge on any atom is 0.270 e. The number of methoxy groups -OCH3 is 1. The van der Waals surface area contributed by atoms with Crippen molar-refractivity contribution in [2.45, 2.75) is 6.42 Å². The molecule has 11 heteroatoms. The molecule has 2 aromatic carbocycles. The summed E-state index contributed by atoms with van der Waals surface area (Å²) in [5.41, 5.74) is 0.797. The van der Waals surface area contributed by atoms with Gasteiger partial charge in [-0.15, -0.1) is 0 Å². The van der Waals surface area contributed by atoms with Gasteiger partial charge in [-0.1, -0.05) is 12.1 Å². The number of nitro benzene ring substituents is 1. The van der Waals surface area contributed by atoms with Gasteiger partial charge in [-0.05, 0) is 49.4 Å². The second-order valence-corrected chi connectivity index (χ2v) is 8.81. The molecule has 204 valence electrons. The summed E-state index contributed by atoms with van der Waals surface area (Å²) in [5, 5.41) is 16.7. The molecule has 11 nitrogen and oxygen atoms in total. The molecule has 1 aromatic heterocycles. The number of benzene rings is 2. The van der Waals surface area contributed by atoms with Crippen molar-refractivity contribution < 1.29 is 28.4 Å². The quantitative estimate of drug-likeness (QED) is 0.165. The lowest BCUT2D eigenvalue weighted by Gasteiger charge is -2.26. The predicted octanol–water partition coefficient (Wildman–Crippen LogP) is 3.47. The Hall–Kier alpha value is -4.48. The molecule has 0 saturated carbocycles. The van der Waals surface area contributed by atoms with Crippen molar-refractivity contribution >= 4 is 23.6 Å². The molecule has 0 unspecified atom stereocenters. The first-order valence-corrected chi connectivity index (χ1v) is 12.5. The highest BCUT2D eigenvalue weighted by Crippen LogP contribution is 2.26. The Labute approximate surface area is 225 Å². The van der Waals surface area contributed by atoms with Crippen LogP contribution in [0.2, 0.25) is 0 Å². The molecule has 1 aliphatic heterocycles. The van der Waals surface area contributed by atoms with E-state index in [4.69, 9.17) is 13.9 Å². The largest absolute Gasteiger partial charge is 0.497 e. The molecule has 1 fully saturated rings. The van der Waals surface area contributed by atoms with Crippen LogP contribution in [0.5, 0.6) is 5.75 Å². The van der Waals surface area contributed by atoms with E-state index in [9.17, 15) is 19.7 Å². The number of hydrogen-bond donors (Lipinski definition) is 2. The van der Waals surface area contributed by atoms with Crippen LogP contribution < -0.4 is 15.4 Å². The number of furan rings is 1. The fourth-order valence-corrected chi connectivity index (χ4v) is 4.02. The number of hydrogen-bond acceptors (Lipinski definition) is 8. The van der Waals surface area contributed by atoms with E-state index >= 15 is 0 Å². The van der Waals surface area contributed by atoms with Gasteiger partial charge in [-0.25, -0.2) is 0 Å². The zero-order valence-electron chi connectivity index (χ0n) is 21.6. The molecule has 0 aliphatic carbocycles. The van der Waals surface area contributed by atoms with Crippen molar-refractivity contribution in [3.63, 3.8) is 0 Å². The third-order valence-corrected chi connectivity index (χ3v) is 6.14. The van der Waals surface area contributed by atoms with Gasteiger partial charge in [-0.3, -0.25) is 24.6 Å². The van der Waals surface area contributed by atoms with E-state index in [0.717, 1.165) is 26.1 Å². The third kappa shape index (κ3) is 7.76. The molecule has 39 heavy (non-hydrogen) atoms. The van der Waals surface area contributed by atoms with Gasteiger partial charge in [0, 0.05) is 49.0 Å². The zero-order chi connectivity index (χ0) is 27.6. The molecular weight excluding hydrogens is 504 g/mol. The summed E-state index contributed by atoms with van der Waals surface area (Å²) < 4.78 is 16.3. The Morgan fingerprint density at radius 1 is 1.10 bits per heavy atom. The average Bonchev–Trinajstić information content (AvgIpc) is 3.44. The molecule has 0 atom stereocenters. The minimum Gasteiger partial charge on any atom is -0.497 e. The zero-order valence-corrected chi connectivity index (χ0v) is 21.6. The van der Waals surface area contributed by atoms with E-state index in [0.29, 0.717) is 48.2 Å². The molecular formula is C28H30N4O7. The van der Waals surface area contributed by atoms with Crippen LogP contribution in [-0.4, -0.2) is 68.1 Å². The molecule has 3 aromatic rings. The van der Waals surface area contributed by atoms with E-state index in [-0.39, 0.29) is 11.4 Å². The summed E-state index contributed by atoms with van der Waals surface area (Å²) in [6.45, 7) is 4.38. The molecule has 2 heterocycles. The van der Waals surface area contributed by atoms with E-state index in [1.165, 1.54) is 25.3 Å². The third-order valence-electron chi connectivity index (χ3n) is 6.14. The Morgan fingerprint density at radius 2 is 1.87 bits per heavy atom. The first-order valence-electron chi connectivity index (χ1n) is 12.5. The van der Waals surface area contributed by atoms with Crippen molar-refractivity contribution in [3.8, 4) is 17.1 Å². The van der Waals surface area contributed by atoms with Crippen molar-refractivity contribution in [3.05, 3.63) is 87.8 Å². The van der Waals surface area contributed by atoms with Crippen LogP contribution in [0.15, 0.2) is 70.8 Å². The van der Waals surface area contributed by atoms with Gasteiger partial charge in [0.05, 0.1) is 25.2 Å². The average molecular weight is 535 g/mol. The molecule has 0 bridgehead atoms. The SMILES string of the molecule is COc1ccc(C(=O)NC(=Cc2ccc(-c3cccc([N+](=O)[O-])c3)o2)C(=O)NCCCN2CCOCC2)cc1. The van der Waals surface area contributed by atoms with Gasteiger partial charge < -0.3 is 24.5 Å². The van der Waals surface area contributed by atoms with Crippen molar-refractivity contribution in [1.29, 1.82) is 0 Å². The topological polar surface area (TPSA) is 136 Å². The molecule has 2 N–H and O–H groups in total. The van der Waals surface area contributed by atoms with Gasteiger partial charge in [0.1, 0.15) is 23.0 Å². The number of amides is 2. The van der Waals surface area contributed by atoms with Gasteiger partial charge in [0.2, 0.25) is 0 Å². The molecule has 2 amide bonds. The summed E-state index contributed by atoms with van der Waals surface area (Å²) in [6, 6.07) is 15.8. The van der Waals surface area contributed by atoms with E-state index in [2.05, 4.69) is 15.5 Å². The smallest absolute Gasteiger partial charge is 0.270 e. The standard InChI is InChI=1S/C28H30N4O7/c1-37-23-8-6-20(7-9-23)27(33)30-25(28(34)29-12-3-13-31-14-16-38-17-15-31)19-24-10-11-26(39-24)21-4-2-5-22(18-21)32(35)36/h2,4-11,18-19H,3,12-17H2,1H3,(H,29,34)(H,30,33). The van der Waals surface area contributed by atoms with Gasteiger partial charge >= 0.3 is 0 Å². The monoisotopic (exact) mass is 534 g/mol. The minimum absolute atomic E-state index is 0.00197. The Morgan fingerprint density at radius 3 is 2.59 bits per heavy atom. The molecule has 0 radical (unpaired) electrons. The number of carbonyl (C=O) groups excluding carboxylic acids is 2. The van der Waals surface area contributed by atoms with Crippen LogP contribution in [0.3, 0.4) is 0 Å². The highest BCUT2D eigenvalue weighted by Gasteiger charge is 2.17. The van der Waals surface area contributed by atoms with Crippen LogP contribution >= 0.6 is 0 Å². The Bertz CT molecular complexity index is 1330. The van der Waals surface area contributed by atoms with Gasteiger partial charge in [-0.2, -0.15) is 0 Å². The highest BCUT2D eigenvalue weighted by molar-refractivity contribution is 6.05. The number of carbonyl (C=O) groups is 2. The van der Waals surface area contributed by atoms with Crippen LogP contribution in [0.1, 0.15) is 22.5 Å². The molecule has 1 aliphatic rings. The van der Waals surface area contributed by atoms with E-state index in [1.54, 1.807) is 48.5 Å². The maximum atomic E-state index is 13.1. The van der Waals surface area contributed by atoms with Crippen molar-refractivity contribution in [2.75, 3.05) is 46.5 Å². The predicted molar refractivity (Wildman–Crippen MR) is 144 cm³/mol. The number of nitro groups is 1. The molecule has 4 rings (SSSR count). The molecule has 1 saturated heterocycles. The van der Waals surface area contributed by atoms with Gasteiger partial charge in [0.15, 0.2) is 0 Å². The van der Waals surface area contributed by atoms with Gasteiger partial charge in [0.25, 0.3) is 17.5 Å². The number of rotatable bonds is 11. The summed E-state index contributed by atoms with van der Waals surface area (Å²) >= 11 is 0. The second kappa shape index (κ2) is 13.4. The van der Waals surface area contributed by atoms with Crippen molar-refractivity contribution in [1.82, 2.24) is 15.5 Å². The number of nitrogens with zero attached hydrogens (tertiary/aromatic N) is 2.